The summed E-state index contributed by atoms with van der Waals surface area (Å²) >= 11 is 0. The molecule has 0 saturated carbocycles. The molecule has 0 unspecified atom stereocenters. The van der Waals surface area contributed by atoms with Crippen molar-refractivity contribution in [1.82, 2.24) is 30.3 Å². The molecule has 0 atom stereocenters. The van der Waals surface area contributed by atoms with Gasteiger partial charge in [0.05, 0.1) is 24.0 Å². The fraction of sp³-hybridized carbons (Fsp3) is 0.833. The van der Waals surface area contributed by atoms with Crippen LogP contribution < -0.4 is 5.43 Å². The molecule has 1 fully saturated rings. The first-order valence-corrected chi connectivity index (χ1v) is 6.54. The Morgan fingerprint density at radius 2 is 1.89 bits per heavy atom. The fourth-order valence-corrected chi connectivity index (χ4v) is 1.86. The van der Waals surface area contributed by atoms with Gasteiger partial charge in [0.25, 0.3) is 0 Å². The molecule has 0 amide bonds. The molecular formula is C12H24N6. The zero-order valence-corrected chi connectivity index (χ0v) is 11.8. The SMILES string of the molecule is CN1CCN(NCc2cn(C(C)(C)C)nn2)CC1. The van der Waals surface area contributed by atoms with Gasteiger partial charge in [0.2, 0.25) is 0 Å². The van der Waals surface area contributed by atoms with Gasteiger partial charge in [-0.05, 0) is 27.8 Å². The van der Waals surface area contributed by atoms with E-state index >= 15 is 0 Å². The molecule has 0 spiro atoms. The van der Waals surface area contributed by atoms with E-state index in [4.69, 9.17) is 0 Å². The minimum absolute atomic E-state index is 0.000906. The average Bonchev–Trinajstić information content (AvgIpc) is 2.77. The molecular weight excluding hydrogens is 228 g/mol. The van der Waals surface area contributed by atoms with Crippen molar-refractivity contribution in [3.63, 3.8) is 0 Å². The van der Waals surface area contributed by atoms with Crippen molar-refractivity contribution in [2.45, 2.75) is 32.9 Å². The summed E-state index contributed by atoms with van der Waals surface area (Å²) in [6.07, 6.45) is 2.02. The molecule has 6 nitrogen and oxygen atoms in total. The summed E-state index contributed by atoms with van der Waals surface area (Å²) in [6, 6.07) is 0. The number of hydrazine groups is 1. The van der Waals surface area contributed by atoms with E-state index < -0.39 is 0 Å². The van der Waals surface area contributed by atoms with E-state index in [1.807, 2.05) is 10.9 Å². The highest BCUT2D eigenvalue weighted by Gasteiger charge is 2.16. The highest BCUT2D eigenvalue weighted by atomic mass is 15.5. The molecule has 1 saturated heterocycles. The van der Waals surface area contributed by atoms with Crippen molar-refractivity contribution in [3.05, 3.63) is 11.9 Å². The van der Waals surface area contributed by atoms with Crippen LogP contribution >= 0.6 is 0 Å². The van der Waals surface area contributed by atoms with Gasteiger partial charge in [-0.1, -0.05) is 5.21 Å². The summed E-state index contributed by atoms with van der Waals surface area (Å²) in [6.45, 7) is 11.5. The average molecular weight is 252 g/mol. The van der Waals surface area contributed by atoms with Gasteiger partial charge in [0.15, 0.2) is 0 Å². The maximum atomic E-state index is 4.20. The molecule has 6 heteroatoms. The Balaban J connectivity index is 1.82. The largest absolute Gasteiger partial charge is 0.304 e. The third kappa shape index (κ3) is 3.51. The van der Waals surface area contributed by atoms with Crippen LogP contribution in [-0.4, -0.2) is 58.1 Å². The Morgan fingerprint density at radius 3 is 2.44 bits per heavy atom. The molecule has 2 heterocycles. The van der Waals surface area contributed by atoms with Crippen LogP contribution in [0.15, 0.2) is 6.20 Å². The van der Waals surface area contributed by atoms with Crippen LogP contribution in [0, 0.1) is 0 Å². The number of nitrogens with one attached hydrogen (secondary N) is 1. The van der Waals surface area contributed by atoms with Crippen molar-refractivity contribution in [3.8, 4) is 0 Å². The minimum atomic E-state index is -0.000906. The molecule has 0 bridgehead atoms. The summed E-state index contributed by atoms with van der Waals surface area (Å²) in [5.74, 6) is 0. The lowest BCUT2D eigenvalue weighted by Gasteiger charge is -2.32. The summed E-state index contributed by atoms with van der Waals surface area (Å²) in [5, 5.41) is 10.6. The molecule has 0 radical (unpaired) electrons. The lowest BCUT2D eigenvalue weighted by Crippen LogP contribution is -2.50. The van der Waals surface area contributed by atoms with Crippen molar-refractivity contribution in [2.75, 3.05) is 33.2 Å². The van der Waals surface area contributed by atoms with Gasteiger partial charge < -0.3 is 4.90 Å². The van der Waals surface area contributed by atoms with Crippen molar-refractivity contribution >= 4 is 0 Å². The normalized spacial score (nSPS) is 19.3. The maximum absolute atomic E-state index is 4.20. The monoisotopic (exact) mass is 252 g/mol. The predicted octanol–water partition coefficient (Wildman–Crippen LogP) is 0.285. The third-order valence-electron chi connectivity index (χ3n) is 3.22. The smallest absolute Gasteiger partial charge is 0.0979 e. The van der Waals surface area contributed by atoms with Gasteiger partial charge in [-0.3, -0.25) is 0 Å². The highest BCUT2D eigenvalue weighted by molar-refractivity contribution is 4.93. The molecule has 18 heavy (non-hydrogen) atoms. The topological polar surface area (TPSA) is 49.2 Å². The Bertz CT molecular complexity index is 372. The molecule has 1 aromatic rings. The number of likely N-dealkylation sites (N-methyl/N-ethyl adjacent to an activating group) is 1. The van der Waals surface area contributed by atoms with Crippen molar-refractivity contribution in [1.29, 1.82) is 0 Å². The Hall–Kier alpha value is -0.980. The standard InChI is InChI=1S/C12H24N6/c1-12(2,3)18-10-11(14-15-18)9-13-17-7-5-16(4)6-8-17/h10,13H,5-9H2,1-4H3. The summed E-state index contributed by atoms with van der Waals surface area (Å²) in [7, 11) is 2.16. The molecule has 1 aliphatic rings. The van der Waals surface area contributed by atoms with Crippen molar-refractivity contribution < 1.29 is 0 Å². The molecule has 1 N–H and O–H groups in total. The lowest BCUT2D eigenvalue weighted by atomic mass is 10.1. The van der Waals surface area contributed by atoms with E-state index in [1.54, 1.807) is 0 Å². The van der Waals surface area contributed by atoms with Crippen LogP contribution in [-0.2, 0) is 12.1 Å². The Labute approximate surface area is 109 Å². The molecule has 2 rings (SSSR count). The van der Waals surface area contributed by atoms with Gasteiger partial charge in [-0.2, -0.15) is 0 Å². The first-order valence-electron chi connectivity index (χ1n) is 6.54. The molecule has 0 aliphatic carbocycles. The fourth-order valence-electron chi connectivity index (χ4n) is 1.86. The third-order valence-corrected chi connectivity index (χ3v) is 3.22. The number of hydrogen-bond acceptors (Lipinski definition) is 5. The van der Waals surface area contributed by atoms with E-state index in [2.05, 4.69) is 53.5 Å². The van der Waals surface area contributed by atoms with Gasteiger partial charge in [0.1, 0.15) is 0 Å². The van der Waals surface area contributed by atoms with Gasteiger partial charge in [-0.25, -0.2) is 15.1 Å². The quantitative estimate of drug-likeness (QED) is 0.837. The first kappa shape index (κ1) is 13.5. The van der Waals surface area contributed by atoms with E-state index in [9.17, 15) is 0 Å². The van der Waals surface area contributed by atoms with Crippen LogP contribution in [0.1, 0.15) is 26.5 Å². The summed E-state index contributed by atoms with van der Waals surface area (Å²) < 4.78 is 1.91. The zero-order chi connectivity index (χ0) is 13.2. The van der Waals surface area contributed by atoms with E-state index in [1.165, 1.54) is 0 Å². The Morgan fingerprint density at radius 1 is 1.22 bits per heavy atom. The van der Waals surface area contributed by atoms with Crippen LogP contribution in [0.25, 0.3) is 0 Å². The number of aromatic nitrogens is 3. The molecule has 1 aromatic heterocycles. The number of nitrogens with zero attached hydrogens (tertiary/aromatic N) is 5. The van der Waals surface area contributed by atoms with E-state index in [0.29, 0.717) is 0 Å². The second kappa shape index (κ2) is 5.34. The minimum Gasteiger partial charge on any atom is -0.304 e. The number of hydrogen-bond donors (Lipinski definition) is 1. The second-order valence-electron chi connectivity index (χ2n) is 5.95. The maximum Gasteiger partial charge on any atom is 0.0979 e. The lowest BCUT2D eigenvalue weighted by molar-refractivity contribution is 0.101. The number of rotatable bonds is 3. The molecule has 0 aromatic carbocycles. The highest BCUT2D eigenvalue weighted by Crippen LogP contribution is 2.11. The first-order chi connectivity index (χ1) is 8.45. The van der Waals surface area contributed by atoms with Gasteiger partial charge in [-0.15, -0.1) is 5.10 Å². The van der Waals surface area contributed by atoms with E-state index in [-0.39, 0.29) is 5.54 Å². The van der Waals surface area contributed by atoms with Crippen LogP contribution in [0.5, 0.6) is 0 Å². The predicted molar refractivity (Wildman–Crippen MR) is 70.9 cm³/mol. The second-order valence-corrected chi connectivity index (χ2v) is 5.95. The van der Waals surface area contributed by atoms with Crippen LogP contribution in [0.4, 0.5) is 0 Å². The van der Waals surface area contributed by atoms with Crippen LogP contribution in [0.2, 0.25) is 0 Å². The summed E-state index contributed by atoms with van der Waals surface area (Å²) in [5.41, 5.74) is 4.40. The van der Waals surface area contributed by atoms with Crippen LogP contribution in [0.3, 0.4) is 0 Å². The number of piperazine rings is 1. The molecule has 102 valence electrons. The molecule has 1 aliphatic heterocycles. The van der Waals surface area contributed by atoms with Crippen molar-refractivity contribution in [2.24, 2.45) is 0 Å². The Kier molecular flexibility index (Phi) is 3.99. The van der Waals surface area contributed by atoms with Gasteiger partial charge in [0, 0.05) is 26.2 Å². The zero-order valence-electron chi connectivity index (χ0n) is 11.8. The van der Waals surface area contributed by atoms with Gasteiger partial charge >= 0.3 is 0 Å². The summed E-state index contributed by atoms with van der Waals surface area (Å²) in [4.78, 5) is 2.34. The van der Waals surface area contributed by atoms with E-state index in [0.717, 1.165) is 38.4 Å².